The maximum atomic E-state index is 10.7. The van der Waals surface area contributed by atoms with E-state index in [4.69, 9.17) is 5.11 Å². The van der Waals surface area contributed by atoms with Gasteiger partial charge in [0.25, 0.3) is 0 Å². The Hall–Kier alpha value is -1.35. The van der Waals surface area contributed by atoms with Gasteiger partial charge in [-0.05, 0) is 16.5 Å². The first-order chi connectivity index (χ1) is 8.36. The number of likely N-dealkylation sites (tertiary alicyclic amines) is 1. The van der Waals surface area contributed by atoms with Crippen molar-refractivity contribution in [3.8, 4) is 0 Å². The lowest BCUT2D eigenvalue weighted by Gasteiger charge is -2.36. The summed E-state index contributed by atoms with van der Waals surface area (Å²) in [4.78, 5) is 12.9. The Morgan fingerprint density at radius 1 is 1.28 bits per heavy atom. The van der Waals surface area contributed by atoms with Crippen LogP contribution in [0.4, 0.5) is 0 Å². The third-order valence-corrected chi connectivity index (χ3v) is 3.53. The molecule has 0 saturated carbocycles. The van der Waals surface area contributed by atoms with E-state index in [1.165, 1.54) is 11.1 Å². The van der Waals surface area contributed by atoms with E-state index in [0.717, 1.165) is 6.54 Å². The lowest BCUT2D eigenvalue weighted by molar-refractivity contribution is -0.147. The van der Waals surface area contributed by atoms with Gasteiger partial charge < -0.3 is 5.11 Å². The molecule has 3 nitrogen and oxygen atoms in total. The third-order valence-electron chi connectivity index (χ3n) is 3.53. The summed E-state index contributed by atoms with van der Waals surface area (Å²) in [5.74, 6) is -0.840. The van der Waals surface area contributed by atoms with Crippen LogP contribution in [0.25, 0.3) is 0 Å². The van der Waals surface area contributed by atoms with Crippen molar-refractivity contribution in [2.24, 2.45) is 5.92 Å². The van der Waals surface area contributed by atoms with E-state index in [-0.39, 0.29) is 11.3 Å². The average Bonchev–Trinajstić information content (AvgIpc) is 2.21. The van der Waals surface area contributed by atoms with Crippen molar-refractivity contribution >= 4 is 5.97 Å². The van der Waals surface area contributed by atoms with Crippen LogP contribution in [-0.2, 0) is 16.8 Å². The van der Waals surface area contributed by atoms with Crippen molar-refractivity contribution in [2.75, 3.05) is 13.1 Å². The molecule has 1 aliphatic rings. The van der Waals surface area contributed by atoms with E-state index in [1.54, 1.807) is 0 Å². The average molecular weight is 247 g/mol. The highest BCUT2D eigenvalue weighted by Gasteiger charge is 2.32. The molecule has 0 spiro atoms. The van der Waals surface area contributed by atoms with Gasteiger partial charge in [-0.25, -0.2) is 0 Å². The van der Waals surface area contributed by atoms with Crippen LogP contribution in [0.2, 0.25) is 0 Å². The summed E-state index contributed by atoms with van der Waals surface area (Å²) >= 11 is 0. The molecule has 0 aliphatic carbocycles. The number of nitrogens with zero attached hydrogens (tertiary/aromatic N) is 1. The maximum absolute atomic E-state index is 10.7. The number of carbonyl (C=O) groups is 1. The number of hydrogen-bond acceptors (Lipinski definition) is 2. The highest BCUT2D eigenvalue weighted by molar-refractivity contribution is 5.71. The summed E-state index contributed by atoms with van der Waals surface area (Å²) in [5, 5.41) is 8.82. The Kier molecular flexibility index (Phi) is 3.44. The van der Waals surface area contributed by atoms with Gasteiger partial charge in [-0.15, -0.1) is 0 Å². The molecule has 0 aromatic heterocycles. The van der Waals surface area contributed by atoms with Crippen LogP contribution in [0.3, 0.4) is 0 Å². The molecule has 2 rings (SSSR count). The number of aliphatic carboxylic acids is 1. The minimum atomic E-state index is -0.672. The first-order valence-electron chi connectivity index (χ1n) is 6.41. The van der Waals surface area contributed by atoms with Gasteiger partial charge in [-0.2, -0.15) is 0 Å². The lowest BCUT2D eigenvalue weighted by atomic mass is 9.86. The Labute approximate surface area is 108 Å². The van der Waals surface area contributed by atoms with Gasteiger partial charge in [0.15, 0.2) is 0 Å². The molecular formula is C15H21NO2. The van der Waals surface area contributed by atoms with Crippen LogP contribution in [0.5, 0.6) is 0 Å². The summed E-state index contributed by atoms with van der Waals surface area (Å²) in [5.41, 5.74) is 2.77. The van der Waals surface area contributed by atoms with E-state index in [1.807, 2.05) is 0 Å². The van der Waals surface area contributed by atoms with E-state index in [2.05, 4.69) is 49.9 Å². The maximum Gasteiger partial charge on any atom is 0.309 e. The number of carboxylic acid groups (broad SMARTS) is 1. The van der Waals surface area contributed by atoms with Gasteiger partial charge in [-0.1, -0.05) is 45.0 Å². The molecule has 1 saturated heterocycles. The summed E-state index contributed by atoms with van der Waals surface area (Å²) in [6.45, 7) is 8.82. The van der Waals surface area contributed by atoms with Crippen LogP contribution in [0.15, 0.2) is 24.3 Å². The fourth-order valence-corrected chi connectivity index (χ4v) is 2.22. The zero-order valence-corrected chi connectivity index (χ0v) is 11.3. The molecule has 0 amide bonds. The van der Waals surface area contributed by atoms with Crippen molar-refractivity contribution in [1.29, 1.82) is 0 Å². The molecule has 0 radical (unpaired) electrons. The van der Waals surface area contributed by atoms with Crippen molar-refractivity contribution < 1.29 is 9.90 Å². The first kappa shape index (κ1) is 13.1. The van der Waals surface area contributed by atoms with Gasteiger partial charge in [0.05, 0.1) is 5.92 Å². The normalized spacial score (nSPS) is 17.5. The largest absolute Gasteiger partial charge is 0.481 e. The Bertz CT molecular complexity index is 425. The van der Waals surface area contributed by atoms with Gasteiger partial charge in [0.1, 0.15) is 0 Å². The van der Waals surface area contributed by atoms with Crippen LogP contribution >= 0.6 is 0 Å². The second-order valence-corrected chi connectivity index (χ2v) is 6.18. The third kappa shape index (κ3) is 2.91. The highest BCUT2D eigenvalue weighted by atomic mass is 16.4. The molecule has 1 fully saturated rings. The van der Waals surface area contributed by atoms with Crippen molar-refractivity contribution in [2.45, 2.75) is 32.7 Å². The number of benzene rings is 1. The highest BCUT2D eigenvalue weighted by Crippen LogP contribution is 2.24. The SMILES string of the molecule is CC(C)(C)c1ccc(CN2CC(C(=O)O)C2)cc1. The molecule has 1 aromatic rings. The quantitative estimate of drug-likeness (QED) is 0.892. The van der Waals surface area contributed by atoms with E-state index >= 15 is 0 Å². The van der Waals surface area contributed by atoms with Crippen molar-refractivity contribution in [1.82, 2.24) is 4.90 Å². The molecule has 1 aromatic carbocycles. The fraction of sp³-hybridized carbons (Fsp3) is 0.533. The first-order valence-corrected chi connectivity index (χ1v) is 6.41. The van der Waals surface area contributed by atoms with Crippen LogP contribution < -0.4 is 0 Å². The topological polar surface area (TPSA) is 40.5 Å². The monoisotopic (exact) mass is 247 g/mol. The minimum Gasteiger partial charge on any atom is -0.481 e. The van der Waals surface area contributed by atoms with Crippen LogP contribution in [0.1, 0.15) is 31.9 Å². The molecule has 1 N–H and O–H groups in total. The Morgan fingerprint density at radius 2 is 1.83 bits per heavy atom. The van der Waals surface area contributed by atoms with Gasteiger partial charge >= 0.3 is 5.97 Å². The molecule has 0 bridgehead atoms. The van der Waals surface area contributed by atoms with E-state index in [0.29, 0.717) is 13.1 Å². The van der Waals surface area contributed by atoms with Crippen LogP contribution in [0, 0.1) is 5.92 Å². The van der Waals surface area contributed by atoms with Gasteiger partial charge in [-0.3, -0.25) is 9.69 Å². The zero-order valence-electron chi connectivity index (χ0n) is 11.3. The van der Waals surface area contributed by atoms with Gasteiger partial charge in [0, 0.05) is 19.6 Å². The number of carboxylic acids is 1. The standard InChI is InChI=1S/C15H21NO2/c1-15(2,3)13-6-4-11(5-7-13)8-16-9-12(10-16)14(17)18/h4-7,12H,8-10H2,1-3H3,(H,17,18). The number of hydrogen-bond donors (Lipinski definition) is 1. The smallest absolute Gasteiger partial charge is 0.309 e. The summed E-state index contributed by atoms with van der Waals surface area (Å²) in [6.07, 6.45) is 0. The van der Waals surface area contributed by atoms with E-state index in [9.17, 15) is 4.79 Å². The van der Waals surface area contributed by atoms with Gasteiger partial charge in [0.2, 0.25) is 0 Å². The molecule has 18 heavy (non-hydrogen) atoms. The van der Waals surface area contributed by atoms with Crippen molar-refractivity contribution in [3.63, 3.8) is 0 Å². The predicted molar refractivity (Wildman–Crippen MR) is 71.5 cm³/mol. The van der Waals surface area contributed by atoms with Crippen LogP contribution in [-0.4, -0.2) is 29.1 Å². The molecule has 1 aliphatic heterocycles. The Morgan fingerprint density at radius 3 is 2.28 bits per heavy atom. The molecule has 98 valence electrons. The molecule has 0 atom stereocenters. The zero-order chi connectivity index (χ0) is 13.3. The Balaban J connectivity index is 1.90. The second-order valence-electron chi connectivity index (χ2n) is 6.18. The lowest BCUT2D eigenvalue weighted by Crippen LogP contribution is -2.49. The van der Waals surface area contributed by atoms with Crippen molar-refractivity contribution in [3.05, 3.63) is 35.4 Å². The second kappa shape index (κ2) is 4.73. The molecule has 1 heterocycles. The summed E-state index contributed by atoms with van der Waals surface area (Å²) in [6, 6.07) is 8.64. The predicted octanol–water partition coefficient (Wildman–Crippen LogP) is 2.50. The minimum absolute atomic E-state index is 0.168. The summed E-state index contributed by atoms with van der Waals surface area (Å²) in [7, 11) is 0. The number of rotatable bonds is 3. The summed E-state index contributed by atoms with van der Waals surface area (Å²) < 4.78 is 0. The molecule has 3 heteroatoms. The molecular weight excluding hydrogens is 226 g/mol. The fourth-order valence-electron chi connectivity index (χ4n) is 2.22. The van der Waals surface area contributed by atoms with E-state index < -0.39 is 5.97 Å². The molecule has 0 unspecified atom stereocenters.